The molecule has 0 radical (unpaired) electrons. The second-order valence-corrected chi connectivity index (χ2v) is 7.22. The smallest absolute Gasteiger partial charge is 0.191 e. The van der Waals surface area contributed by atoms with Gasteiger partial charge in [-0.15, -0.1) is 0 Å². The zero-order chi connectivity index (χ0) is 16.7. The quantitative estimate of drug-likeness (QED) is 0.429. The predicted molar refractivity (Wildman–Crippen MR) is 93.8 cm³/mol. The summed E-state index contributed by atoms with van der Waals surface area (Å²) in [6, 6.07) is 0.570. The summed E-state index contributed by atoms with van der Waals surface area (Å²) in [5.74, 6) is 1.70. The van der Waals surface area contributed by atoms with Gasteiger partial charge in [0.05, 0.1) is 13.2 Å². The molecule has 1 aliphatic carbocycles. The molecule has 6 heteroatoms. The van der Waals surface area contributed by atoms with E-state index in [1.54, 1.807) is 0 Å². The highest BCUT2D eigenvalue weighted by Crippen LogP contribution is 2.34. The van der Waals surface area contributed by atoms with Crippen LogP contribution in [-0.2, 0) is 4.74 Å². The molecule has 0 aromatic rings. The van der Waals surface area contributed by atoms with E-state index in [0.29, 0.717) is 19.2 Å². The zero-order valence-corrected chi connectivity index (χ0v) is 15.0. The Hall–Kier alpha value is -0.850. The van der Waals surface area contributed by atoms with Gasteiger partial charge in [0.15, 0.2) is 5.96 Å². The first-order valence-corrected chi connectivity index (χ1v) is 8.97. The van der Waals surface area contributed by atoms with Crippen molar-refractivity contribution >= 4 is 5.96 Å². The fourth-order valence-electron chi connectivity index (χ4n) is 3.33. The second kappa shape index (κ2) is 8.85. The Kier molecular flexibility index (Phi) is 7.11. The van der Waals surface area contributed by atoms with Gasteiger partial charge in [-0.25, -0.2) is 0 Å². The highest BCUT2D eigenvalue weighted by molar-refractivity contribution is 5.79. The van der Waals surface area contributed by atoms with Gasteiger partial charge < -0.3 is 25.4 Å². The number of aliphatic hydroxyl groups excluding tert-OH is 1. The van der Waals surface area contributed by atoms with Crippen LogP contribution in [0, 0.1) is 11.3 Å². The van der Waals surface area contributed by atoms with Crippen LogP contribution in [0.25, 0.3) is 0 Å². The van der Waals surface area contributed by atoms with Crippen LogP contribution in [0.1, 0.15) is 32.6 Å². The van der Waals surface area contributed by atoms with Crippen LogP contribution in [0.15, 0.2) is 4.99 Å². The van der Waals surface area contributed by atoms with E-state index in [-0.39, 0.29) is 12.0 Å². The van der Waals surface area contributed by atoms with E-state index in [1.807, 2.05) is 0 Å². The van der Waals surface area contributed by atoms with Gasteiger partial charge >= 0.3 is 0 Å². The fourth-order valence-corrected chi connectivity index (χ4v) is 3.33. The number of nitrogens with zero attached hydrogens (tertiary/aromatic N) is 2. The van der Waals surface area contributed by atoms with Crippen molar-refractivity contribution in [2.45, 2.75) is 38.6 Å². The SMILES string of the molecule is CCNC(=NCC1(CCO)CCOC1)NCC(C1CC1)N(C)C. The maximum atomic E-state index is 9.32. The largest absolute Gasteiger partial charge is 0.396 e. The zero-order valence-electron chi connectivity index (χ0n) is 15.0. The van der Waals surface area contributed by atoms with E-state index in [1.165, 1.54) is 12.8 Å². The summed E-state index contributed by atoms with van der Waals surface area (Å²) in [4.78, 5) is 7.09. The minimum absolute atomic E-state index is 0.00848. The maximum Gasteiger partial charge on any atom is 0.191 e. The molecular weight excluding hydrogens is 292 g/mol. The highest BCUT2D eigenvalue weighted by Gasteiger charge is 2.35. The molecule has 3 N–H and O–H groups in total. The fraction of sp³-hybridized carbons (Fsp3) is 0.941. The normalized spacial score (nSPS) is 26.6. The first-order valence-electron chi connectivity index (χ1n) is 8.97. The molecule has 0 aromatic carbocycles. The van der Waals surface area contributed by atoms with Gasteiger partial charge in [-0.05, 0) is 52.6 Å². The Balaban J connectivity index is 1.90. The molecule has 23 heavy (non-hydrogen) atoms. The van der Waals surface area contributed by atoms with Crippen molar-refractivity contribution in [3.63, 3.8) is 0 Å². The van der Waals surface area contributed by atoms with Crippen molar-refractivity contribution in [3.8, 4) is 0 Å². The predicted octanol–water partition coefficient (Wildman–Crippen LogP) is 0.671. The van der Waals surface area contributed by atoms with Gasteiger partial charge in [0.1, 0.15) is 0 Å². The monoisotopic (exact) mass is 326 g/mol. The molecule has 6 nitrogen and oxygen atoms in total. The summed E-state index contributed by atoms with van der Waals surface area (Å²) < 4.78 is 5.55. The van der Waals surface area contributed by atoms with E-state index in [2.05, 4.69) is 36.6 Å². The van der Waals surface area contributed by atoms with Crippen LogP contribution in [0.2, 0.25) is 0 Å². The molecule has 1 saturated heterocycles. The lowest BCUT2D eigenvalue weighted by atomic mass is 9.84. The third kappa shape index (κ3) is 5.62. The van der Waals surface area contributed by atoms with Crippen LogP contribution in [0.3, 0.4) is 0 Å². The number of aliphatic hydroxyl groups is 1. The molecule has 1 heterocycles. The number of hydrogen-bond acceptors (Lipinski definition) is 4. The van der Waals surface area contributed by atoms with Gasteiger partial charge in [0.2, 0.25) is 0 Å². The molecule has 2 aliphatic rings. The second-order valence-electron chi connectivity index (χ2n) is 7.22. The molecule has 0 amide bonds. The summed E-state index contributed by atoms with van der Waals surface area (Å²) in [7, 11) is 4.31. The van der Waals surface area contributed by atoms with Crippen LogP contribution in [-0.4, -0.2) is 75.6 Å². The minimum atomic E-state index is 0.00848. The number of rotatable bonds is 9. The van der Waals surface area contributed by atoms with Crippen LogP contribution >= 0.6 is 0 Å². The van der Waals surface area contributed by atoms with Crippen molar-refractivity contribution in [1.82, 2.24) is 15.5 Å². The number of ether oxygens (including phenoxy) is 1. The van der Waals surface area contributed by atoms with Crippen LogP contribution in [0.4, 0.5) is 0 Å². The topological polar surface area (TPSA) is 69.1 Å². The summed E-state index contributed by atoms with van der Waals surface area (Å²) in [6.45, 7) is 6.26. The van der Waals surface area contributed by atoms with Gasteiger partial charge in [-0.3, -0.25) is 4.99 Å². The van der Waals surface area contributed by atoms with E-state index in [9.17, 15) is 5.11 Å². The number of hydrogen-bond donors (Lipinski definition) is 3. The maximum absolute atomic E-state index is 9.32. The van der Waals surface area contributed by atoms with Gasteiger partial charge in [0, 0.05) is 37.8 Å². The first kappa shape index (κ1) is 18.5. The molecule has 2 rings (SSSR count). The lowest BCUT2D eigenvalue weighted by Gasteiger charge is -2.27. The van der Waals surface area contributed by atoms with Gasteiger partial charge in [-0.1, -0.05) is 0 Å². The standard InChI is InChI=1S/C17H34N4O2/c1-4-18-16(19-11-15(21(2)3)14-5-6-14)20-12-17(7-9-22)8-10-23-13-17/h14-15,22H,4-13H2,1-3H3,(H2,18,19,20). The van der Waals surface area contributed by atoms with E-state index >= 15 is 0 Å². The molecule has 0 spiro atoms. The van der Waals surface area contributed by atoms with E-state index < -0.39 is 0 Å². The summed E-state index contributed by atoms with van der Waals surface area (Å²) in [5, 5.41) is 16.2. The molecule has 1 saturated carbocycles. The summed E-state index contributed by atoms with van der Waals surface area (Å²) in [6.07, 6.45) is 4.43. The van der Waals surface area contributed by atoms with Crippen LogP contribution in [0.5, 0.6) is 0 Å². The number of aliphatic imine (C=N–C) groups is 1. The Bertz CT molecular complexity index is 375. The Morgan fingerprint density at radius 3 is 2.70 bits per heavy atom. The molecule has 2 fully saturated rings. The average molecular weight is 326 g/mol. The van der Waals surface area contributed by atoms with E-state index in [4.69, 9.17) is 9.73 Å². The summed E-state index contributed by atoms with van der Waals surface area (Å²) >= 11 is 0. The molecule has 2 unspecified atom stereocenters. The average Bonchev–Trinajstić information content (AvgIpc) is 3.24. The molecule has 1 aliphatic heterocycles. The minimum Gasteiger partial charge on any atom is -0.396 e. The van der Waals surface area contributed by atoms with Gasteiger partial charge in [-0.2, -0.15) is 0 Å². The van der Waals surface area contributed by atoms with Gasteiger partial charge in [0.25, 0.3) is 0 Å². The van der Waals surface area contributed by atoms with Crippen molar-refractivity contribution in [1.29, 1.82) is 0 Å². The van der Waals surface area contributed by atoms with Crippen LogP contribution < -0.4 is 10.6 Å². The van der Waals surface area contributed by atoms with Crippen molar-refractivity contribution in [2.24, 2.45) is 16.3 Å². The van der Waals surface area contributed by atoms with Crippen molar-refractivity contribution in [2.75, 3.05) is 53.6 Å². The number of nitrogens with one attached hydrogen (secondary N) is 2. The molecule has 0 aromatic heterocycles. The third-order valence-electron chi connectivity index (χ3n) is 5.05. The van der Waals surface area contributed by atoms with Crippen molar-refractivity contribution < 1.29 is 9.84 Å². The van der Waals surface area contributed by atoms with Crippen molar-refractivity contribution in [3.05, 3.63) is 0 Å². The summed E-state index contributed by atoms with van der Waals surface area (Å²) in [5.41, 5.74) is 0.00848. The molecule has 0 bridgehead atoms. The lowest BCUT2D eigenvalue weighted by Crippen LogP contribution is -2.46. The third-order valence-corrected chi connectivity index (χ3v) is 5.05. The Morgan fingerprint density at radius 2 is 2.17 bits per heavy atom. The highest BCUT2D eigenvalue weighted by atomic mass is 16.5. The molecule has 134 valence electrons. The first-order chi connectivity index (χ1) is 11.1. The molecular formula is C17H34N4O2. The molecule has 2 atom stereocenters. The Labute approximate surface area is 140 Å². The number of guanidine groups is 1. The number of likely N-dealkylation sites (N-methyl/N-ethyl adjacent to an activating group) is 1. The lowest BCUT2D eigenvalue weighted by molar-refractivity contribution is 0.131. The van der Waals surface area contributed by atoms with E-state index in [0.717, 1.165) is 44.4 Å². The Morgan fingerprint density at radius 1 is 1.39 bits per heavy atom.